The lowest BCUT2D eigenvalue weighted by Crippen LogP contribution is -2.53. The third kappa shape index (κ3) is 5.99. The molecule has 3 aliphatic heterocycles. The Hall–Kier alpha value is -1.70. The highest BCUT2D eigenvalue weighted by Gasteiger charge is 2.48. The summed E-state index contributed by atoms with van der Waals surface area (Å²) in [6.45, 7) is 19.7. The van der Waals surface area contributed by atoms with Gasteiger partial charge in [0, 0.05) is 23.8 Å². The molecule has 0 N–H and O–H groups in total. The van der Waals surface area contributed by atoms with Gasteiger partial charge in [0.25, 0.3) is 5.95 Å². The Labute approximate surface area is 223 Å². The molecule has 7 nitrogen and oxygen atoms in total. The fourth-order valence-electron chi connectivity index (χ4n) is 6.47. The minimum Gasteiger partial charge on any atom is -0.457 e. The summed E-state index contributed by atoms with van der Waals surface area (Å²) < 4.78 is 25.4. The van der Waals surface area contributed by atoms with E-state index in [0.29, 0.717) is 23.6 Å². The van der Waals surface area contributed by atoms with Crippen LogP contribution in [0.1, 0.15) is 82.1 Å². The maximum atomic E-state index is 13.9. The third-order valence-electron chi connectivity index (χ3n) is 8.81. The quantitative estimate of drug-likeness (QED) is 0.502. The van der Waals surface area contributed by atoms with Gasteiger partial charge in [0.15, 0.2) is 23.5 Å². The second-order valence-electron chi connectivity index (χ2n) is 12.9. The van der Waals surface area contributed by atoms with E-state index in [9.17, 15) is 9.59 Å². The number of carbonyl (C=O) groups excluding carboxylic acids is 2. The summed E-state index contributed by atoms with van der Waals surface area (Å²) >= 11 is 0. The number of carbonyl (C=O) groups is 2. The highest BCUT2D eigenvalue weighted by molar-refractivity contribution is 5.98. The van der Waals surface area contributed by atoms with Crippen LogP contribution in [0.4, 0.5) is 0 Å². The number of nitrogens with zero attached hydrogens (tertiary/aromatic N) is 1. The SMILES string of the molecule is C/C1=C2\O[C@H](C)[C@](C)(/C=C(\C)C(=O)[C@H](C)CC(C)(C)[C@H](OC3OC(C)CC(N(C)C)C3C)[C@@H](C)C1=O)O2. The molecule has 0 spiro atoms. The van der Waals surface area contributed by atoms with Gasteiger partial charge in [-0.15, -0.1) is 0 Å². The minimum atomic E-state index is -0.832. The van der Waals surface area contributed by atoms with Gasteiger partial charge in [-0.2, -0.15) is 0 Å². The standard InChI is InChI=1S/C30H49NO6/c1-16-14-29(8,9)26(36-27-19(4)23(31(11)12)13-18(3)34-27)20(5)25(33)21(6)28-35-22(7)30(10,37-28)15-17(2)24(16)32/h15-16,18-20,22-23,26-27H,13-14H2,1-12H3/b17-15+,28-21-/t16-,18?,19?,20+,22-,23?,26-,27?,30+/m1/s1. The molecule has 0 aromatic carbocycles. The van der Waals surface area contributed by atoms with Crippen LogP contribution < -0.4 is 0 Å². The zero-order valence-corrected chi connectivity index (χ0v) is 25.0. The lowest BCUT2D eigenvalue weighted by atomic mass is 9.71. The highest BCUT2D eigenvalue weighted by atomic mass is 16.7. The summed E-state index contributed by atoms with van der Waals surface area (Å²) in [7, 11) is 4.17. The molecular weight excluding hydrogens is 470 g/mol. The molecule has 0 saturated carbocycles. The number of hydrogen-bond acceptors (Lipinski definition) is 7. The Morgan fingerprint density at radius 1 is 1.00 bits per heavy atom. The van der Waals surface area contributed by atoms with Gasteiger partial charge < -0.3 is 23.8 Å². The summed E-state index contributed by atoms with van der Waals surface area (Å²) in [6.07, 6.45) is 2.09. The lowest BCUT2D eigenvalue weighted by molar-refractivity contribution is -0.267. The van der Waals surface area contributed by atoms with Gasteiger partial charge in [0.2, 0.25) is 0 Å². The lowest BCUT2D eigenvalue weighted by Gasteiger charge is -2.46. The van der Waals surface area contributed by atoms with E-state index < -0.39 is 29.3 Å². The van der Waals surface area contributed by atoms with Crippen LogP contribution in [0.25, 0.3) is 0 Å². The predicted octanol–water partition coefficient (Wildman–Crippen LogP) is 5.28. The molecule has 0 aromatic heterocycles. The van der Waals surface area contributed by atoms with Crippen LogP contribution in [0, 0.1) is 23.2 Å². The van der Waals surface area contributed by atoms with Crippen molar-refractivity contribution in [2.45, 2.75) is 118 Å². The van der Waals surface area contributed by atoms with Gasteiger partial charge in [0.05, 0.1) is 17.8 Å². The van der Waals surface area contributed by atoms with Gasteiger partial charge in [0.1, 0.15) is 6.10 Å². The number of ketones is 2. The molecule has 3 rings (SSSR count). The number of fused-ring (bicyclic) bond motifs is 2. The van der Waals surface area contributed by atoms with Crippen LogP contribution in [0.3, 0.4) is 0 Å². The average molecular weight is 520 g/mol. The van der Waals surface area contributed by atoms with E-state index in [0.717, 1.165) is 6.42 Å². The summed E-state index contributed by atoms with van der Waals surface area (Å²) in [5, 5.41) is 0. The van der Waals surface area contributed by atoms with E-state index in [4.69, 9.17) is 18.9 Å². The molecule has 2 bridgehead atoms. The van der Waals surface area contributed by atoms with Crippen LogP contribution in [0.5, 0.6) is 0 Å². The van der Waals surface area contributed by atoms with Gasteiger partial charge in [-0.3, -0.25) is 9.59 Å². The maximum absolute atomic E-state index is 13.9. The second-order valence-corrected chi connectivity index (χ2v) is 12.9. The highest BCUT2D eigenvalue weighted by Crippen LogP contribution is 2.42. The number of rotatable bonds is 3. The molecule has 2 saturated heterocycles. The Bertz CT molecular complexity index is 952. The van der Waals surface area contributed by atoms with Gasteiger partial charge in [-0.05, 0) is 78.6 Å². The number of Topliss-reactive ketones (excluding diaryl/α,β-unsaturated/α-hetero) is 2. The van der Waals surface area contributed by atoms with E-state index in [2.05, 4.69) is 46.7 Å². The molecular formula is C30H49NO6. The van der Waals surface area contributed by atoms with Crippen LogP contribution in [-0.2, 0) is 28.5 Å². The van der Waals surface area contributed by atoms with Crippen molar-refractivity contribution in [2.24, 2.45) is 23.2 Å². The normalized spacial score (nSPS) is 44.7. The molecule has 4 unspecified atom stereocenters. The first-order valence-electron chi connectivity index (χ1n) is 13.8. The first-order valence-corrected chi connectivity index (χ1v) is 13.8. The molecule has 3 aliphatic rings. The molecule has 210 valence electrons. The number of hydrogen-bond donors (Lipinski definition) is 0. The van der Waals surface area contributed by atoms with Crippen molar-refractivity contribution in [3.8, 4) is 0 Å². The smallest absolute Gasteiger partial charge is 0.287 e. The Morgan fingerprint density at radius 2 is 1.62 bits per heavy atom. The summed E-state index contributed by atoms with van der Waals surface area (Å²) in [6, 6.07) is 0.300. The largest absolute Gasteiger partial charge is 0.457 e. The topological polar surface area (TPSA) is 74.3 Å². The first-order chi connectivity index (χ1) is 17.0. The maximum Gasteiger partial charge on any atom is 0.287 e. The average Bonchev–Trinajstić information content (AvgIpc) is 3.09. The zero-order chi connectivity index (χ0) is 28.0. The Balaban J connectivity index is 2.06. The first kappa shape index (κ1) is 29.9. The Kier molecular flexibility index (Phi) is 8.73. The van der Waals surface area contributed by atoms with Crippen LogP contribution in [0.2, 0.25) is 0 Å². The minimum absolute atomic E-state index is 0.0362. The second kappa shape index (κ2) is 10.8. The fourth-order valence-corrected chi connectivity index (χ4v) is 6.47. The van der Waals surface area contributed by atoms with E-state index in [1.165, 1.54) is 0 Å². The molecule has 7 heteroatoms. The molecule has 9 atom stereocenters. The van der Waals surface area contributed by atoms with Gasteiger partial charge >= 0.3 is 0 Å². The van der Waals surface area contributed by atoms with E-state index in [1.807, 2.05) is 40.7 Å². The molecule has 0 aliphatic carbocycles. The van der Waals surface area contributed by atoms with E-state index in [1.54, 1.807) is 6.92 Å². The van der Waals surface area contributed by atoms with Crippen molar-refractivity contribution < 1.29 is 28.5 Å². The zero-order valence-electron chi connectivity index (χ0n) is 25.0. The summed E-state index contributed by atoms with van der Waals surface area (Å²) in [4.78, 5) is 29.6. The van der Waals surface area contributed by atoms with Crippen molar-refractivity contribution >= 4 is 11.6 Å². The molecule has 37 heavy (non-hydrogen) atoms. The summed E-state index contributed by atoms with van der Waals surface area (Å²) in [5.74, 6) is -0.423. The molecule has 2 fully saturated rings. The van der Waals surface area contributed by atoms with Crippen molar-refractivity contribution in [1.82, 2.24) is 4.90 Å². The summed E-state index contributed by atoms with van der Waals surface area (Å²) in [5.41, 5.74) is -0.238. The van der Waals surface area contributed by atoms with Crippen molar-refractivity contribution in [2.75, 3.05) is 14.1 Å². The van der Waals surface area contributed by atoms with E-state index >= 15 is 0 Å². The fraction of sp³-hybridized carbons (Fsp3) is 0.800. The molecule has 3 heterocycles. The van der Waals surface area contributed by atoms with E-state index in [-0.39, 0.29) is 41.6 Å². The van der Waals surface area contributed by atoms with Crippen LogP contribution in [-0.4, -0.2) is 66.8 Å². The molecule has 0 aromatic rings. The monoisotopic (exact) mass is 519 g/mol. The molecule has 0 amide bonds. The molecule has 0 radical (unpaired) electrons. The Morgan fingerprint density at radius 3 is 2.22 bits per heavy atom. The van der Waals surface area contributed by atoms with Crippen LogP contribution >= 0.6 is 0 Å². The van der Waals surface area contributed by atoms with Gasteiger partial charge in [-0.1, -0.05) is 34.6 Å². The number of allylic oxidation sites excluding steroid dienone is 2. The van der Waals surface area contributed by atoms with Crippen molar-refractivity contribution in [3.05, 3.63) is 23.2 Å². The third-order valence-corrected chi connectivity index (χ3v) is 8.81. The number of ether oxygens (including phenoxy) is 4. The predicted molar refractivity (Wildman–Crippen MR) is 144 cm³/mol. The van der Waals surface area contributed by atoms with Crippen LogP contribution in [0.15, 0.2) is 23.2 Å². The van der Waals surface area contributed by atoms with Crippen molar-refractivity contribution in [3.63, 3.8) is 0 Å². The van der Waals surface area contributed by atoms with Crippen molar-refractivity contribution in [1.29, 1.82) is 0 Å². The van der Waals surface area contributed by atoms with Gasteiger partial charge in [-0.25, -0.2) is 0 Å².